The lowest BCUT2D eigenvalue weighted by Crippen LogP contribution is -2.45. The summed E-state index contributed by atoms with van der Waals surface area (Å²) in [6.45, 7) is 3.35. The molecule has 1 fully saturated rings. The Hall–Kier alpha value is -0.290. The molecule has 0 spiro atoms. The molecule has 1 saturated heterocycles. The van der Waals surface area contributed by atoms with Crippen molar-refractivity contribution in [1.29, 1.82) is 0 Å². The number of rotatable bonds is 1. The van der Waals surface area contributed by atoms with Crippen molar-refractivity contribution in [2.45, 2.75) is 31.8 Å². The molecule has 15 heavy (non-hydrogen) atoms. The lowest BCUT2D eigenvalue weighted by Gasteiger charge is -2.38. The number of nitrogens with two attached hydrogens (primary N) is 1. The first-order valence-corrected chi connectivity index (χ1v) is 6.52. The fourth-order valence-corrected chi connectivity index (χ4v) is 2.58. The maximum absolute atomic E-state index is 5.96. The lowest BCUT2D eigenvalue weighted by molar-refractivity contribution is 0.430. The molecular formula is C12H17IN2. The van der Waals surface area contributed by atoms with Crippen LogP contribution >= 0.6 is 22.6 Å². The molecule has 0 aliphatic carbocycles. The highest BCUT2D eigenvalue weighted by atomic mass is 127. The van der Waals surface area contributed by atoms with Crippen molar-refractivity contribution in [2.24, 2.45) is 5.73 Å². The Morgan fingerprint density at radius 2 is 2.00 bits per heavy atom. The van der Waals surface area contributed by atoms with Gasteiger partial charge in [0.25, 0.3) is 0 Å². The van der Waals surface area contributed by atoms with Gasteiger partial charge in [-0.2, -0.15) is 0 Å². The topological polar surface area (TPSA) is 29.3 Å². The van der Waals surface area contributed by atoms with E-state index in [0.29, 0.717) is 12.1 Å². The van der Waals surface area contributed by atoms with Gasteiger partial charge in [-0.3, -0.25) is 0 Å². The third kappa shape index (κ3) is 2.64. The Kier molecular flexibility index (Phi) is 3.51. The van der Waals surface area contributed by atoms with Gasteiger partial charge < -0.3 is 10.6 Å². The highest BCUT2D eigenvalue weighted by Gasteiger charge is 2.22. The quantitative estimate of drug-likeness (QED) is 0.807. The molecule has 0 saturated carbocycles. The van der Waals surface area contributed by atoms with Crippen molar-refractivity contribution in [3.63, 3.8) is 0 Å². The molecule has 2 rings (SSSR count). The summed E-state index contributed by atoms with van der Waals surface area (Å²) in [6.07, 6.45) is 2.21. The maximum Gasteiger partial charge on any atom is 0.0369 e. The van der Waals surface area contributed by atoms with Crippen molar-refractivity contribution in [3.8, 4) is 0 Å². The molecule has 3 heteroatoms. The van der Waals surface area contributed by atoms with Crippen LogP contribution in [0.5, 0.6) is 0 Å². The van der Waals surface area contributed by atoms with Gasteiger partial charge in [-0.15, -0.1) is 0 Å². The van der Waals surface area contributed by atoms with E-state index in [2.05, 4.69) is 58.7 Å². The van der Waals surface area contributed by atoms with E-state index in [1.165, 1.54) is 9.26 Å². The van der Waals surface area contributed by atoms with Crippen LogP contribution < -0.4 is 10.6 Å². The van der Waals surface area contributed by atoms with E-state index < -0.39 is 0 Å². The zero-order valence-electron chi connectivity index (χ0n) is 8.99. The Labute approximate surface area is 105 Å². The van der Waals surface area contributed by atoms with Crippen LogP contribution in [0.4, 0.5) is 5.69 Å². The van der Waals surface area contributed by atoms with Crippen molar-refractivity contribution >= 4 is 28.3 Å². The average Bonchev–Trinajstić information content (AvgIpc) is 2.20. The molecule has 1 aliphatic heterocycles. The first-order valence-electron chi connectivity index (χ1n) is 5.44. The summed E-state index contributed by atoms with van der Waals surface area (Å²) in [4.78, 5) is 2.46. The summed E-state index contributed by atoms with van der Waals surface area (Å²) in [7, 11) is 0. The van der Waals surface area contributed by atoms with Gasteiger partial charge in [-0.1, -0.05) is 0 Å². The predicted molar refractivity (Wildman–Crippen MR) is 73.2 cm³/mol. The molecule has 82 valence electrons. The van der Waals surface area contributed by atoms with Gasteiger partial charge in [0.2, 0.25) is 0 Å². The standard InChI is InChI=1S/C12H17IN2/c1-9-8-11(14)6-7-15(9)12-4-2-10(13)3-5-12/h2-5,9,11H,6-8,14H2,1H3. The van der Waals surface area contributed by atoms with Crippen LogP contribution in [-0.2, 0) is 0 Å². The summed E-state index contributed by atoms with van der Waals surface area (Å²) in [5.74, 6) is 0. The zero-order chi connectivity index (χ0) is 10.8. The Balaban J connectivity index is 2.13. The van der Waals surface area contributed by atoms with Crippen LogP contribution in [0, 0.1) is 3.57 Å². The number of hydrogen-bond donors (Lipinski definition) is 1. The van der Waals surface area contributed by atoms with Crippen molar-refractivity contribution in [3.05, 3.63) is 27.8 Å². The number of nitrogens with zero attached hydrogens (tertiary/aromatic N) is 1. The first kappa shape index (κ1) is 11.2. The van der Waals surface area contributed by atoms with E-state index in [9.17, 15) is 0 Å². The third-order valence-corrected chi connectivity index (χ3v) is 3.79. The van der Waals surface area contributed by atoms with Crippen LogP contribution in [0.15, 0.2) is 24.3 Å². The van der Waals surface area contributed by atoms with Gasteiger partial charge in [-0.25, -0.2) is 0 Å². The van der Waals surface area contributed by atoms with Gasteiger partial charge in [0.05, 0.1) is 0 Å². The Morgan fingerprint density at radius 3 is 2.60 bits per heavy atom. The van der Waals surface area contributed by atoms with Crippen molar-refractivity contribution in [1.82, 2.24) is 0 Å². The molecule has 1 aliphatic rings. The SMILES string of the molecule is CC1CC(N)CCN1c1ccc(I)cc1. The van der Waals surface area contributed by atoms with Crippen LogP contribution in [-0.4, -0.2) is 18.6 Å². The van der Waals surface area contributed by atoms with Gasteiger partial charge in [0, 0.05) is 27.9 Å². The fraction of sp³-hybridized carbons (Fsp3) is 0.500. The van der Waals surface area contributed by atoms with Crippen LogP contribution in [0.2, 0.25) is 0 Å². The van der Waals surface area contributed by atoms with E-state index in [-0.39, 0.29) is 0 Å². The van der Waals surface area contributed by atoms with Gasteiger partial charge in [0.15, 0.2) is 0 Å². The lowest BCUT2D eigenvalue weighted by atomic mass is 9.98. The second-order valence-corrected chi connectivity index (χ2v) is 5.55. The first-order chi connectivity index (χ1) is 7.16. The van der Waals surface area contributed by atoms with E-state index in [1.807, 2.05) is 0 Å². The highest BCUT2D eigenvalue weighted by Crippen LogP contribution is 2.24. The molecule has 2 atom stereocenters. The molecule has 1 heterocycles. The molecule has 2 nitrogen and oxygen atoms in total. The van der Waals surface area contributed by atoms with E-state index in [1.54, 1.807) is 0 Å². The molecule has 0 radical (unpaired) electrons. The predicted octanol–water partition coefficient (Wildman–Crippen LogP) is 2.61. The molecule has 0 bridgehead atoms. The van der Waals surface area contributed by atoms with Gasteiger partial charge in [0.1, 0.15) is 0 Å². The average molecular weight is 316 g/mol. The Morgan fingerprint density at radius 1 is 1.33 bits per heavy atom. The van der Waals surface area contributed by atoms with Crippen LogP contribution in [0.25, 0.3) is 0 Å². The van der Waals surface area contributed by atoms with Crippen LogP contribution in [0.3, 0.4) is 0 Å². The fourth-order valence-electron chi connectivity index (χ4n) is 2.22. The minimum absolute atomic E-state index is 0.389. The monoisotopic (exact) mass is 316 g/mol. The number of benzene rings is 1. The zero-order valence-corrected chi connectivity index (χ0v) is 11.1. The normalized spacial score (nSPS) is 26.7. The molecule has 2 N–H and O–H groups in total. The van der Waals surface area contributed by atoms with Gasteiger partial charge in [-0.05, 0) is 66.6 Å². The van der Waals surface area contributed by atoms with Crippen molar-refractivity contribution in [2.75, 3.05) is 11.4 Å². The summed E-state index contributed by atoms with van der Waals surface area (Å²) in [6, 6.07) is 9.69. The van der Waals surface area contributed by atoms with E-state index >= 15 is 0 Å². The highest BCUT2D eigenvalue weighted by molar-refractivity contribution is 14.1. The second kappa shape index (κ2) is 4.70. The summed E-state index contributed by atoms with van der Waals surface area (Å²) in [5, 5.41) is 0. The van der Waals surface area contributed by atoms with Crippen LogP contribution in [0.1, 0.15) is 19.8 Å². The summed E-state index contributed by atoms with van der Waals surface area (Å²) in [5.41, 5.74) is 7.29. The number of anilines is 1. The van der Waals surface area contributed by atoms with E-state index in [4.69, 9.17) is 5.73 Å². The number of halogens is 1. The number of piperidine rings is 1. The van der Waals surface area contributed by atoms with Crippen molar-refractivity contribution < 1.29 is 0 Å². The molecule has 0 amide bonds. The minimum atomic E-state index is 0.389. The molecule has 0 aromatic heterocycles. The molecule has 1 aromatic rings. The van der Waals surface area contributed by atoms with E-state index in [0.717, 1.165) is 19.4 Å². The molecule has 2 unspecified atom stereocenters. The molecule has 1 aromatic carbocycles. The largest absolute Gasteiger partial charge is 0.369 e. The second-order valence-electron chi connectivity index (χ2n) is 4.30. The summed E-state index contributed by atoms with van der Waals surface area (Å²) >= 11 is 2.34. The smallest absolute Gasteiger partial charge is 0.0369 e. The number of hydrogen-bond acceptors (Lipinski definition) is 2. The summed E-state index contributed by atoms with van der Waals surface area (Å²) < 4.78 is 1.29. The Bertz CT molecular complexity index is 323. The third-order valence-electron chi connectivity index (χ3n) is 3.07. The van der Waals surface area contributed by atoms with Gasteiger partial charge >= 0.3 is 0 Å². The maximum atomic E-state index is 5.96. The molecular weight excluding hydrogens is 299 g/mol. The minimum Gasteiger partial charge on any atom is -0.369 e.